The van der Waals surface area contributed by atoms with Crippen LogP contribution in [0.3, 0.4) is 0 Å². The number of nitrogens with two attached hydrogens (primary N) is 1. The molecule has 0 aliphatic rings. The summed E-state index contributed by atoms with van der Waals surface area (Å²) in [6, 6.07) is 6.79. The van der Waals surface area contributed by atoms with Gasteiger partial charge in [0.1, 0.15) is 29.6 Å². The average molecular weight is 587 g/mol. The van der Waals surface area contributed by atoms with Crippen LogP contribution in [0.2, 0.25) is 0 Å². The Hall–Kier alpha value is -4.65. The molecule has 0 heterocycles. The first-order chi connectivity index (χ1) is 19.7. The van der Waals surface area contributed by atoms with Gasteiger partial charge in [-0.25, -0.2) is 4.79 Å². The summed E-state index contributed by atoms with van der Waals surface area (Å²) in [4.78, 5) is 62.2. The smallest absolute Gasteiger partial charge is 0.326 e. The van der Waals surface area contributed by atoms with E-state index >= 15 is 0 Å². The number of amides is 3. The number of phenols is 2. The van der Waals surface area contributed by atoms with E-state index in [1.165, 1.54) is 36.4 Å². The number of hydrogen-bond acceptors (Lipinski definition) is 8. The molecule has 3 amide bonds. The lowest BCUT2D eigenvalue weighted by Gasteiger charge is -2.26. The van der Waals surface area contributed by atoms with Gasteiger partial charge in [0.2, 0.25) is 17.7 Å². The van der Waals surface area contributed by atoms with Gasteiger partial charge in [0.25, 0.3) is 0 Å². The van der Waals surface area contributed by atoms with Crippen molar-refractivity contribution in [3.05, 3.63) is 59.7 Å². The molecular weight excluding hydrogens is 548 g/mol. The highest BCUT2D eigenvalue weighted by Gasteiger charge is 2.31. The lowest BCUT2D eigenvalue weighted by atomic mass is 10.00. The molecule has 0 fully saturated rings. The first-order valence-electron chi connectivity index (χ1n) is 13.4. The van der Waals surface area contributed by atoms with Crippen LogP contribution in [0.1, 0.15) is 44.2 Å². The molecule has 0 aromatic heterocycles. The van der Waals surface area contributed by atoms with Crippen molar-refractivity contribution < 1.29 is 44.4 Å². The maximum absolute atomic E-state index is 13.4. The maximum atomic E-state index is 13.4. The van der Waals surface area contributed by atoms with Gasteiger partial charge in [-0.3, -0.25) is 19.2 Å². The molecule has 0 saturated carbocycles. The summed E-state index contributed by atoms with van der Waals surface area (Å²) in [6.07, 6.45) is -0.458. The lowest BCUT2D eigenvalue weighted by molar-refractivity contribution is -0.142. The van der Waals surface area contributed by atoms with Crippen molar-refractivity contribution in [2.75, 3.05) is 0 Å². The normalized spacial score (nSPS) is 13.8. The molecule has 0 saturated heterocycles. The zero-order chi connectivity index (χ0) is 31.4. The summed E-state index contributed by atoms with van der Waals surface area (Å²) in [5.74, 6) is -4.75. The second-order valence-corrected chi connectivity index (χ2v) is 10.4. The Kier molecular flexibility index (Phi) is 12.8. The molecule has 2 aromatic carbocycles. The third-order valence-corrected chi connectivity index (χ3v) is 6.35. The fourth-order valence-corrected chi connectivity index (χ4v) is 4.08. The molecule has 13 heteroatoms. The number of hydrogen-bond donors (Lipinski definition) is 8. The molecule has 228 valence electrons. The van der Waals surface area contributed by atoms with E-state index in [0.717, 1.165) is 0 Å². The van der Waals surface area contributed by atoms with Gasteiger partial charge >= 0.3 is 11.9 Å². The predicted octanol–water partition coefficient (Wildman–Crippen LogP) is 0.660. The van der Waals surface area contributed by atoms with Gasteiger partial charge in [-0.05, 0) is 54.2 Å². The summed E-state index contributed by atoms with van der Waals surface area (Å²) in [5.41, 5.74) is 6.90. The van der Waals surface area contributed by atoms with Crippen LogP contribution in [-0.2, 0) is 36.8 Å². The molecule has 0 aliphatic carbocycles. The number of rotatable bonds is 16. The van der Waals surface area contributed by atoms with E-state index in [4.69, 9.17) is 10.8 Å². The molecular formula is C29H38N4O9. The van der Waals surface area contributed by atoms with Gasteiger partial charge in [0.05, 0.1) is 6.04 Å². The number of aromatic hydroxyl groups is 2. The van der Waals surface area contributed by atoms with E-state index in [0.29, 0.717) is 11.1 Å². The number of phenolic OH excluding ortho intramolecular Hbond substituents is 2. The Labute approximate surface area is 243 Å². The minimum absolute atomic E-state index is 0.00257. The van der Waals surface area contributed by atoms with Crippen LogP contribution in [0, 0.1) is 5.92 Å². The third kappa shape index (κ3) is 11.5. The number of carboxylic acid groups (broad SMARTS) is 2. The maximum Gasteiger partial charge on any atom is 0.326 e. The highest BCUT2D eigenvalue weighted by atomic mass is 16.4. The van der Waals surface area contributed by atoms with E-state index < -0.39 is 53.8 Å². The molecule has 42 heavy (non-hydrogen) atoms. The van der Waals surface area contributed by atoms with Gasteiger partial charge in [0, 0.05) is 19.3 Å². The molecule has 0 radical (unpaired) electrons. The Bertz CT molecular complexity index is 1230. The third-order valence-electron chi connectivity index (χ3n) is 6.35. The fraction of sp³-hybridized carbons (Fsp3) is 0.414. The molecule has 13 nitrogen and oxygen atoms in total. The highest BCUT2D eigenvalue weighted by molar-refractivity contribution is 5.94. The van der Waals surface area contributed by atoms with Crippen molar-refractivity contribution in [3.63, 3.8) is 0 Å². The van der Waals surface area contributed by atoms with Crippen molar-refractivity contribution in [2.45, 2.75) is 70.1 Å². The minimum atomic E-state index is -1.36. The van der Waals surface area contributed by atoms with E-state index in [-0.39, 0.29) is 49.5 Å². The number of nitrogens with one attached hydrogen (secondary N) is 3. The van der Waals surface area contributed by atoms with Crippen molar-refractivity contribution in [1.29, 1.82) is 0 Å². The first-order valence-corrected chi connectivity index (χ1v) is 13.4. The Morgan fingerprint density at radius 2 is 1.12 bits per heavy atom. The SMILES string of the molecule is CC(C)CC(NC(=O)C(N)CCC(=O)O)C(=O)NC(Cc1ccc(O)cc1)C(=O)NC(Cc1ccc(O)cc1)C(=O)O. The fourth-order valence-electron chi connectivity index (χ4n) is 4.08. The van der Waals surface area contributed by atoms with E-state index in [9.17, 15) is 39.3 Å². The van der Waals surface area contributed by atoms with Gasteiger partial charge in [-0.15, -0.1) is 0 Å². The van der Waals surface area contributed by atoms with E-state index in [1.807, 2.05) is 13.8 Å². The van der Waals surface area contributed by atoms with Crippen LogP contribution in [0.15, 0.2) is 48.5 Å². The summed E-state index contributed by atoms with van der Waals surface area (Å²) in [5, 5.41) is 45.3. The number of carbonyl (C=O) groups is 5. The molecule has 2 aromatic rings. The zero-order valence-electron chi connectivity index (χ0n) is 23.4. The Morgan fingerprint density at radius 1 is 0.690 bits per heavy atom. The molecule has 4 atom stereocenters. The Morgan fingerprint density at radius 3 is 1.57 bits per heavy atom. The number of carbonyl (C=O) groups excluding carboxylic acids is 3. The van der Waals surface area contributed by atoms with Gasteiger partial charge in [-0.2, -0.15) is 0 Å². The molecule has 9 N–H and O–H groups in total. The van der Waals surface area contributed by atoms with Crippen LogP contribution in [0.4, 0.5) is 0 Å². The molecule has 4 unspecified atom stereocenters. The predicted molar refractivity (Wildman–Crippen MR) is 151 cm³/mol. The topological polar surface area (TPSA) is 228 Å². The van der Waals surface area contributed by atoms with Crippen molar-refractivity contribution in [1.82, 2.24) is 16.0 Å². The van der Waals surface area contributed by atoms with Crippen LogP contribution < -0.4 is 21.7 Å². The van der Waals surface area contributed by atoms with Crippen LogP contribution in [-0.4, -0.2) is 74.3 Å². The monoisotopic (exact) mass is 586 g/mol. The van der Waals surface area contributed by atoms with Gasteiger partial charge in [0.15, 0.2) is 0 Å². The Balaban J connectivity index is 2.26. The van der Waals surface area contributed by atoms with Crippen molar-refractivity contribution in [3.8, 4) is 11.5 Å². The second kappa shape index (κ2) is 16.0. The number of aliphatic carboxylic acids is 2. The van der Waals surface area contributed by atoms with Crippen molar-refractivity contribution >= 4 is 29.7 Å². The molecule has 0 aliphatic heterocycles. The standard InChI is InChI=1S/C29H38N4O9/c1-16(2)13-22(31-26(38)21(30)11-12-25(36)37)27(39)32-23(14-17-3-7-19(34)8-4-17)28(40)33-24(29(41)42)15-18-5-9-20(35)10-6-18/h3-10,16,21-24,34-35H,11-15,30H2,1-2H3,(H,31,38)(H,32,39)(H,33,40)(H,36,37)(H,41,42). The van der Waals surface area contributed by atoms with Crippen LogP contribution in [0.25, 0.3) is 0 Å². The lowest BCUT2D eigenvalue weighted by Crippen LogP contribution is -2.58. The van der Waals surface area contributed by atoms with Gasteiger partial charge < -0.3 is 42.1 Å². The minimum Gasteiger partial charge on any atom is -0.508 e. The molecule has 0 spiro atoms. The zero-order valence-corrected chi connectivity index (χ0v) is 23.4. The summed E-state index contributed by atoms with van der Waals surface area (Å²) in [6.45, 7) is 3.64. The molecule has 2 rings (SSSR count). The second-order valence-electron chi connectivity index (χ2n) is 10.4. The number of benzene rings is 2. The first kappa shape index (κ1) is 33.6. The number of carboxylic acids is 2. The summed E-state index contributed by atoms with van der Waals surface area (Å²) >= 11 is 0. The summed E-state index contributed by atoms with van der Waals surface area (Å²) < 4.78 is 0. The highest BCUT2D eigenvalue weighted by Crippen LogP contribution is 2.14. The van der Waals surface area contributed by atoms with Crippen LogP contribution >= 0.6 is 0 Å². The van der Waals surface area contributed by atoms with E-state index in [2.05, 4.69) is 16.0 Å². The van der Waals surface area contributed by atoms with Gasteiger partial charge in [-0.1, -0.05) is 38.1 Å². The summed E-state index contributed by atoms with van der Waals surface area (Å²) in [7, 11) is 0. The molecule has 0 bridgehead atoms. The quantitative estimate of drug-likeness (QED) is 0.137. The van der Waals surface area contributed by atoms with E-state index in [1.54, 1.807) is 12.1 Å². The largest absolute Gasteiger partial charge is 0.508 e. The van der Waals surface area contributed by atoms with Crippen molar-refractivity contribution in [2.24, 2.45) is 11.7 Å². The average Bonchev–Trinajstić information content (AvgIpc) is 2.92. The van der Waals surface area contributed by atoms with Crippen LogP contribution in [0.5, 0.6) is 11.5 Å².